The lowest BCUT2D eigenvalue weighted by atomic mass is 10.0. The normalized spacial score (nSPS) is 19.1. The van der Waals surface area contributed by atoms with E-state index < -0.39 is 0 Å². The average Bonchev–Trinajstić information content (AvgIpc) is 3.20. The Morgan fingerprint density at radius 2 is 1.79 bits per heavy atom. The zero-order chi connectivity index (χ0) is 19.8. The second kappa shape index (κ2) is 7.88. The predicted molar refractivity (Wildman–Crippen MR) is 120 cm³/mol. The molecule has 7 heteroatoms. The van der Waals surface area contributed by atoms with Gasteiger partial charge in [-0.05, 0) is 63.4 Å². The van der Waals surface area contributed by atoms with Crippen LogP contribution in [-0.2, 0) is 0 Å². The third-order valence-electron chi connectivity index (χ3n) is 6.32. The summed E-state index contributed by atoms with van der Waals surface area (Å²) in [7, 11) is 0. The number of thiazole rings is 1. The zero-order valence-corrected chi connectivity index (χ0v) is 17.8. The fourth-order valence-electron chi connectivity index (χ4n) is 4.54. The monoisotopic (exact) mass is 408 g/mol. The summed E-state index contributed by atoms with van der Waals surface area (Å²) in [5.74, 6) is 0.572. The van der Waals surface area contributed by atoms with E-state index in [1.807, 2.05) is 19.2 Å². The minimum atomic E-state index is 0.572. The van der Waals surface area contributed by atoms with Gasteiger partial charge in [-0.1, -0.05) is 17.8 Å². The molecule has 3 aromatic rings. The van der Waals surface area contributed by atoms with Gasteiger partial charge in [0.25, 0.3) is 0 Å². The number of hydrogen-bond donors (Lipinski definition) is 1. The summed E-state index contributed by atoms with van der Waals surface area (Å²) in [4.78, 5) is 18.9. The number of anilines is 2. The van der Waals surface area contributed by atoms with Crippen LogP contribution >= 0.6 is 11.3 Å². The molecule has 6 nitrogen and oxygen atoms in total. The summed E-state index contributed by atoms with van der Waals surface area (Å²) in [5.41, 5.74) is 9.73. The molecule has 2 fully saturated rings. The summed E-state index contributed by atoms with van der Waals surface area (Å²) in [6, 6.07) is 4.93. The quantitative estimate of drug-likeness (QED) is 0.704. The fraction of sp³-hybridized carbons (Fsp3) is 0.500. The largest absolute Gasteiger partial charge is 0.383 e. The Balaban J connectivity index is 1.32. The molecule has 29 heavy (non-hydrogen) atoms. The maximum atomic E-state index is 5.85. The highest BCUT2D eigenvalue weighted by atomic mass is 32.1. The van der Waals surface area contributed by atoms with Crippen LogP contribution in [0.3, 0.4) is 0 Å². The number of aryl methyl sites for hydroxylation is 1. The van der Waals surface area contributed by atoms with Crippen LogP contribution < -0.4 is 10.6 Å². The van der Waals surface area contributed by atoms with Gasteiger partial charge in [0.05, 0.1) is 16.6 Å². The number of fused-ring (bicyclic) bond motifs is 1. The summed E-state index contributed by atoms with van der Waals surface area (Å²) >= 11 is 1.77. The van der Waals surface area contributed by atoms with Gasteiger partial charge in [0.15, 0.2) is 5.13 Å². The van der Waals surface area contributed by atoms with Gasteiger partial charge in [0.2, 0.25) is 0 Å². The van der Waals surface area contributed by atoms with E-state index in [-0.39, 0.29) is 0 Å². The van der Waals surface area contributed by atoms with Crippen molar-refractivity contribution >= 4 is 32.5 Å². The average molecular weight is 409 g/mol. The lowest BCUT2D eigenvalue weighted by Crippen LogP contribution is -2.46. The summed E-state index contributed by atoms with van der Waals surface area (Å²) in [5, 5.41) is 1.13. The second-order valence-electron chi connectivity index (χ2n) is 8.27. The molecule has 2 N–H and O–H groups in total. The van der Waals surface area contributed by atoms with E-state index in [1.54, 1.807) is 17.5 Å². The van der Waals surface area contributed by atoms with Crippen LogP contribution in [0.4, 0.5) is 10.9 Å². The van der Waals surface area contributed by atoms with Crippen molar-refractivity contribution in [1.82, 2.24) is 19.9 Å². The highest BCUT2D eigenvalue weighted by molar-refractivity contribution is 7.22. The first-order valence-electron chi connectivity index (χ1n) is 10.7. The molecule has 0 radical (unpaired) electrons. The van der Waals surface area contributed by atoms with E-state index in [2.05, 4.69) is 25.8 Å². The molecule has 0 aromatic carbocycles. The van der Waals surface area contributed by atoms with Gasteiger partial charge in [0.1, 0.15) is 11.3 Å². The number of nitrogens with two attached hydrogens (primary N) is 1. The van der Waals surface area contributed by atoms with Gasteiger partial charge in [-0.2, -0.15) is 0 Å². The van der Waals surface area contributed by atoms with Crippen molar-refractivity contribution in [3.63, 3.8) is 0 Å². The van der Waals surface area contributed by atoms with Crippen molar-refractivity contribution in [3.8, 4) is 11.3 Å². The summed E-state index contributed by atoms with van der Waals surface area (Å²) in [6.07, 6.45) is 10.3. The van der Waals surface area contributed by atoms with Gasteiger partial charge < -0.3 is 15.5 Å². The molecule has 0 aliphatic carbocycles. The molecule has 0 atom stereocenters. The molecule has 0 bridgehead atoms. The lowest BCUT2D eigenvalue weighted by molar-refractivity contribution is 0.141. The number of pyridine rings is 2. The molecule has 0 spiro atoms. The Morgan fingerprint density at radius 1 is 1.00 bits per heavy atom. The molecule has 2 saturated heterocycles. The Bertz CT molecular complexity index is 1000. The van der Waals surface area contributed by atoms with Crippen LogP contribution in [0.5, 0.6) is 0 Å². The van der Waals surface area contributed by atoms with Crippen LogP contribution in [0.25, 0.3) is 21.5 Å². The third-order valence-corrected chi connectivity index (χ3v) is 7.40. The van der Waals surface area contributed by atoms with Crippen molar-refractivity contribution in [2.45, 2.75) is 45.1 Å². The molecule has 152 valence electrons. The number of nitrogens with zero attached hydrogens (tertiary/aromatic N) is 5. The van der Waals surface area contributed by atoms with E-state index in [9.17, 15) is 0 Å². The van der Waals surface area contributed by atoms with Crippen LogP contribution in [0.1, 0.15) is 37.7 Å². The number of piperidine rings is 2. The lowest BCUT2D eigenvalue weighted by Gasteiger charge is -2.40. The van der Waals surface area contributed by atoms with Gasteiger partial charge >= 0.3 is 0 Å². The Kier molecular flexibility index (Phi) is 5.09. The van der Waals surface area contributed by atoms with Crippen LogP contribution in [0, 0.1) is 6.92 Å². The van der Waals surface area contributed by atoms with Gasteiger partial charge in [-0.15, -0.1) is 0 Å². The minimum Gasteiger partial charge on any atom is -0.383 e. The highest BCUT2D eigenvalue weighted by Gasteiger charge is 2.26. The maximum Gasteiger partial charge on any atom is 0.186 e. The molecule has 5 rings (SSSR count). The molecule has 3 aromatic heterocycles. The van der Waals surface area contributed by atoms with E-state index in [0.29, 0.717) is 5.82 Å². The first-order valence-corrected chi connectivity index (χ1v) is 11.5. The van der Waals surface area contributed by atoms with Crippen molar-refractivity contribution in [2.24, 2.45) is 0 Å². The van der Waals surface area contributed by atoms with Crippen molar-refractivity contribution in [3.05, 3.63) is 30.1 Å². The minimum absolute atomic E-state index is 0.572. The standard InChI is InChI=1S/C22H28N6S/c1-15-11-16(13-25-21(15)23)18-12-20-19(14-24-18)26-22(29-20)28-9-5-17(6-10-28)27-7-3-2-4-8-27/h11-14,17H,2-10H2,1H3,(H2,23,25). The molecule has 0 saturated carbocycles. The second-order valence-corrected chi connectivity index (χ2v) is 9.28. The van der Waals surface area contributed by atoms with Crippen LogP contribution in [0.15, 0.2) is 24.5 Å². The smallest absolute Gasteiger partial charge is 0.186 e. The highest BCUT2D eigenvalue weighted by Crippen LogP contribution is 2.33. The van der Waals surface area contributed by atoms with Gasteiger partial charge in [-0.3, -0.25) is 4.98 Å². The van der Waals surface area contributed by atoms with E-state index in [1.165, 1.54) is 49.9 Å². The Morgan fingerprint density at radius 3 is 2.55 bits per heavy atom. The van der Waals surface area contributed by atoms with Crippen molar-refractivity contribution in [1.29, 1.82) is 0 Å². The topological polar surface area (TPSA) is 71.2 Å². The van der Waals surface area contributed by atoms with E-state index in [0.717, 1.165) is 46.6 Å². The van der Waals surface area contributed by atoms with Crippen LogP contribution in [-0.4, -0.2) is 52.1 Å². The van der Waals surface area contributed by atoms with Gasteiger partial charge in [0, 0.05) is 30.9 Å². The summed E-state index contributed by atoms with van der Waals surface area (Å²) < 4.78 is 1.18. The molecule has 2 aliphatic rings. The zero-order valence-electron chi connectivity index (χ0n) is 17.0. The van der Waals surface area contributed by atoms with Crippen LogP contribution in [0.2, 0.25) is 0 Å². The predicted octanol–water partition coefficient (Wildman–Crippen LogP) is 4.10. The van der Waals surface area contributed by atoms with Crippen molar-refractivity contribution in [2.75, 3.05) is 36.8 Å². The Labute approximate surface area is 175 Å². The number of rotatable bonds is 3. The molecule has 2 aliphatic heterocycles. The number of hydrogen-bond acceptors (Lipinski definition) is 7. The van der Waals surface area contributed by atoms with E-state index in [4.69, 9.17) is 10.7 Å². The summed E-state index contributed by atoms with van der Waals surface area (Å²) in [6.45, 7) is 6.76. The van der Waals surface area contributed by atoms with Gasteiger partial charge in [-0.25, -0.2) is 9.97 Å². The molecule has 0 unspecified atom stereocenters. The number of aromatic nitrogens is 3. The molecular weight excluding hydrogens is 380 g/mol. The maximum absolute atomic E-state index is 5.85. The SMILES string of the molecule is Cc1cc(-c2cc3sc(N4CCC(N5CCCCC5)CC4)nc3cn2)cnc1N. The van der Waals surface area contributed by atoms with E-state index >= 15 is 0 Å². The molecule has 5 heterocycles. The van der Waals surface area contributed by atoms with Crippen molar-refractivity contribution < 1.29 is 0 Å². The fourth-order valence-corrected chi connectivity index (χ4v) is 5.57. The third kappa shape index (κ3) is 3.81. The first kappa shape index (κ1) is 18.8. The molecule has 0 amide bonds. The molecular formula is C22H28N6S. The number of likely N-dealkylation sites (tertiary alicyclic amines) is 1. The first-order chi connectivity index (χ1) is 14.2. The Hall–Kier alpha value is -2.25. The number of nitrogen functional groups attached to an aromatic ring is 1.